The molecule has 3 aromatic heterocycles. The van der Waals surface area contributed by atoms with Gasteiger partial charge in [0.05, 0.1) is 11.4 Å². The highest BCUT2D eigenvalue weighted by molar-refractivity contribution is 7.12. The van der Waals surface area contributed by atoms with E-state index in [9.17, 15) is 4.79 Å². The first-order chi connectivity index (χ1) is 12.3. The molecule has 128 valence electrons. The van der Waals surface area contributed by atoms with E-state index in [1.165, 1.54) is 11.3 Å². The molecular formula is C17H18N6OS. The van der Waals surface area contributed by atoms with Crippen LogP contribution >= 0.6 is 11.3 Å². The Hall–Kier alpha value is -2.61. The fourth-order valence-electron chi connectivity index (χ4n) is 3.12. The molecule has 1 aliphatic rings. The van der Waals surface area contributed by atoms with Gasteiger partial charge in [0.15, 0.2) is 0 Å². The van der Waals surface area contributed by atoms with Gasteiger partial charge in [0.2, 0.25) is 5.82 Å². The molecule has 4 rings (SSSR count). The van der Waals surface area contributed by atoms with Gasteiger partial charge in [0.1, 0.15) is 0 Å². The standard InChI is InChI=1S/C17H18N6OS/c24-17(15-6-3-9-25-15)22-8-2-4-13(11-22)12-23-20-16(19-21-23)14-5-1-7-18-10-14/h1,3,5-7,9-10,13H,2,4,8,11-12H2/t13-/m0/s1. The van der Waals surface area contributed by atoms with Gasteiger partial charge in [-0.1, -0.05) is 6.07 Å². The monoisotopic (exact) mass is 354 g/mol. The molecule has 1 fully saturated rings. The lowest BCUT2D eigenvalue weighted by Gasteiger charge is -2.32. The van der Waals surface area contributed by atoms with E-state index in [2.05, 4.69) is 20.4 Å². The van der Waals surface area contributed by atoms with Crippen molar-refractivity contribution >= 4 is 17.2 Å². The van der Waals surface area contributed by atoms with Crippen LogP contribution in [0.4, 0.5) is 0 Å². The topological polar surface area (TPSA) is 76.8 Å². The van der Waals surface area contributed by atoms with Crippen molar-refractivity contribution in [3.8, 4) is 11.4 Å². The minimum Gasteiger partial charge on any atom is -0.338 e. The SMILES string of the molecule is O=C(c1cccs1)N1CCC[C@H](Cn2nnc(-c3cccnc3)n2)C1. The molecule has 0 N–H and O–H groups in total. The quantitative estimate of drug-likeness (QED) is 0.719. The minimum atomic E-state index is 0.127. The number of carbonyl (C=O) groups excluding carboxylic acids is 1. The molecule has 1 amide bonds. The zero-order valence-corrected chi connectivity index (χ0v) is 14.5. The van der Waals surface area contributed by atoms with Crippen LogP contribution in [0, 0.1) is 5.92 Å². The van der Waals surface area contributed by atoms with Crippen molar-refractivity contribution in [1.82, 2.24) is 30.1 Å². The molecule has 4 heterocycles. The lowest BCUT2D eigenvalue weighted by atomic mass is 9.98. The van der Waals surface area contributed by atoms with E-state index in [1.807, 2.05) is 34.5 Å². The number of amides is 1. The molecule has 8 heteroatoms. The molecule has 0 bridgehead atoms. The Morgan fingerprint density at radius 2 is 2.28 bits per heavy atom. The highest BCUT2D eigenvalue weighted by atomic mass is 32.1. The summed E-state index contributed by atoms with van der Waals surface area (Å²) in [5.74, 6) is 1.05. The molecule has 7 nitrogen and oxygen atoms in total. The summed E-state index contributed by atoms with van der Waals surface area (Å²) in [5, 5.41) is 14.6. The normalized spacial score (nSPS) is 17.6. The van der Waals surface area contributed by atoms with Crippen molar-refractivity contribution in [2.45, 2.75) is 19.4 Å². The Morgan fingerprint density at radius 1 is 1.32 bits per heavy atom. The Balaban J connectivity index is 1.41. The van der Waals surface area contributed by atoms with E-state index in [4.69, 9.17) is 0 Å². The van der Waals surface area contributed by atoms with E-state index in [1.54, 1.807) is 17.2 Å². The van der Waals surface area contributed by atoms with Gasteiger partial charge in [0, 0.05) is 31.0 Å². The number of likely N-dealkylation sites (tertiary alicyclic amines) is 1. The van der Waals surface area contributed by atoms with Crippen molar-refractivity contribution < 1.29 is 4.79 Å². The van der Waals surface area contributed by atoms with E-state index >= 15 is 0 Å². The van der Waals surface area contributed by atoms with Crippen LogP contribution in [-0.4, -0.2) is 49.1 Å². The van der Waals surface area contributed by atoms with Crippen molar-refractivity contribution in [3.63, 3.8) is 0 Å². The van der Waals surface area contributed by atoms with E-state index in [-0.39, 0.29) is 5.91 Å². The van der Waals surface area contributed by atoms with Crippen molar-refractivity contribution in [2.24, 2.45) is 5.92 Å². The van der Waals surface area contributed by atoms with E-state index in [0.29, 0.717) is 18.3 Å². The predicted octanol–water partition coefficient (Wildman–Crippen LogP) is 2.35. The summed E-state index contributed by atoms with van der Waals surface area (Å²) in [6.07, 6.45) is 5.52. The van der Waals surface area contributed by atoms with E-state index in [0.717, 1.165) is 36.4 Å². The van der Waals surface area contributed by atoms with Gasteiger partial charge in [-0.2, -0.15) is 4.80 Å². The summed E-state index contributed by atoms with van der Waals surface area (Å²) in [7, 11) is 0. The zero-order chi connectivity index (χ0) is 17.1. The van der Waals surface area contributed by atoms with Crippen LogP contribution in [0.1, 0.15) is 22.5 Å². The van der Waals surface area contributed by atoms with Crippen LogP contribution in [0.15, 0.2) is 42.0 Å². The van der Waals surface area contributed by atoms with Crippen molar-refractivity contribution in [3.05, 3.63) is 46.9 Å². The minimum absolute atomic E-state index is 0.127. The number of thiophene rings is 1. The highest BCUT2D eigenvalue weighted by Crippen LogP contribution is 2.21. The summed E-state index contributed by atoms with van der Waals surface area (Å²) in [4.78, 5) is 21.0. The predicted molar refractivity (Wildman–Crippen MR) is 94.0 cm³/mol. The highest BCUT2D eigenvalue weighted by Gasteiger charge is 2.25. The number of piperidine rings is 1. The molecular weight excluding hydrogens is 336 g/mol. The molecule has 3 aromatic rings. The van der Waals surface area contributed by atoms with Crippen LogP contribution in [0.3, 0.4) is 0 Å². The van der Waals surface area contributed by atoms with Gasteiger partial charge in [-0.15, -0.1) is 21.5 Å². The molecule has 0 radical (unpaired) electrons. The molecule has 1 aliphatic heterocycles. The van der Waals surface area contributed by atoms with Crippen LogP contribution in [-0.2, 0) is 6.54 Å². The first-order valence-electron chi connectivity index (χ1n) is 8.30. The molecule has 1 atom stereocenters. The summed E-state index contributed by atoms with van der Waals surface area (Å²) >= 11 is 1.49. The van der Waals surface area contributed by atoms with Crippen LogP contribution < -0.4 is 0 Å². The third kappa shape index (κ3) is 3.58. The average molecular weight is 354 g/mol. The van der Waals surface area contributed by atoms with E-state index < -0.39 is 0 Å². The number of hydrogen-bond donors (Lipinski definition) is 0. The fourth-order valence-corrected chi connectivity index (χ4v) is 3.81. The lowest BCUT2D eigenvalue weighted by Crippen LogP contribution is -2.41. The Kier molecular flexibility index (Phi) is 4.51. The number of pyridine rings is 1. The number of carbonyl (C=O) groups is 1. The third-order valence-electron chi connectivity index (χ3n) is 4.33. The summed E-state index contributed by atoms with van der Waals surface area (Å²) < 4.78 is 0. The second-order valence-electron chi connectivity index (χ2n) is 6.15. The largest absolute Gasteiger partial charge is 0.338 e. The number of tetrazole rings is 1. The third-order valence-corrected chi connectivity index (χ3v) is 5.19. The second kappa shape index (κ2) is 7.10. The smallest absolute Gasteiger partial charge is 0.263 e. The van der Waals surface area contributed by atoms with Gasteiger partial charge in [-0.25, -0.2) is 0 Å². The molecule has 0 aliphatic carbocycles. The number of aromatic nitrogens is 5. The summed E-state index contributed by atoms with van der Waals surface area (Å²) in [6, 6.07) is 7.57. The first kappa shape index (κ1) is 15.9. The van der Waals surface area contributed by atoms with Crippen LogP contribution in [0.25, 0.3) is 11.4 Å². The Labute approximate surface area is 149 Å². The maximum absolute atomic E-state index is 12.5. The fraction of sp³-hybridized carbons (Fsp3) is 0.353. The first-order valence-corrected chi connectivity index (χ1v) is 9.18. The maximum Gasteiger partial charge on any atom is 0.263 e. The number of hydrogen-bond acceptors (Lipinski definition) is 6. The van der Waals surface area contributed by atoms with Gasteiger partial charge in [-0.3, -0.25) is 9.78 Å². The second-order valence-corrected chi connectivity index (χ2v) is 7.09. The van der Waals surface area contributed by atoms with Gasteiger partial charge in [0.25, 0.3) is 5.91 Å². The molecule has 0 spiro atoms. The van der Waals surface area contributed by atoms with Crippen LogP contribution in [0.2, 0.25) is 0 Å². The zero-order valence-electron chi connectivity index (χ0n) is 13.7. The van der Waals surface area contributed by atoms with Crippen molar-refractivity contribution in [1.29, 1.82) is 0 Å². The lowest BCUT2D eigenvalue weighted by molar-refractivity contribution is 0.0661. The summed E-state index contributed by atoms with van der Waals surface area (Å²) in [5.41, 5.74) is 0.854. The number of rotatable bonds is 4. The van der Waals surface area contributed by atoms with Gasteiger partial charge < -0.3 is 4.90 Å². The Bertz CT molecular complexity index is 832. The average Bonchev–Trinajstić information content (AvgIpc) is 3.34. The van der Waals surface area contributed by atoms with Gasteiger partial charge >= 0.3 is 0 Å². The molecule has 0 aromatic carbocycles. The van der Waals surface area contributed by atoms with Gasteiger partial charge in [-0.05, 0) is 47.6 Å². The molecule has 1 saturated heterocycles. The molecule has 25 heavy (non-hydrogen) atoms. The maximum atomic E-state index is 12.5. The Morgan fingerprint density at radius 3 is 3.08 bits per heavy atom. The molecule has 0 saturated carbocycles. The van der Waals surface area contributed by atoms with Crippen molar-refractivity contribution in [2.75, 3.05) is 13.1 Å². The van der Waals surface area contributed by atoms with Crippen LogP contribution in [0.5, 0.6) is 0 Å². The summed E-state index contributed by atoms with van der Waals surface area (Å²) in [6.45, 7) is 2.22. The molecule has 0 unspecified atom stereocenters. The number of nitrogens with zero attached hydrogens (tertiary/aromatic N) is 6.